The van der Waals surface area contributed by atoms with Crippen LogP contribution in [0.15, 0.2) is 54.7 Å². The highest BCUT2D eigenvalue weighted by molar-refractivity contribution is 6.10. The van der Waals surface area contributed by atoms with Gasteiger partial charge in [0.2, 0.25) is 0 Å². The van der Waals surface area contributed by atoms with E-state index in [1.165, 1.54) is 44.7 Å². The molecule has 2 aromatic carbocycles. The number of aliphatic hydroxyl groups excluding tert-OH is 2. The summed E-state index contributed by atoms with van der Waals surface area (Å²) in [5.74, 6) is 0.384. The standard InChI is InChI=1S/C24H23N3O7/c1-33-22-8-6-15(10-20(22)27(31)32)5-7-21(30)18-4-3-9-25-24(18)26-17-11-16(13-28)19(14-29)23(12-17)34-2/h3-12,28-29H,13-14H2,1-2H3,(H,25,26). The molecule has 3 aromatic rings. The third-order valence-electron chi connectivity index (χ3n) is 5.01. The Bertz CT molecular complexity index is 1220. The topological polar surface area (TPSA) is 144 Å². The number of hydrogen-bond donors (Lipinski definition) is 3. The van der Waals surface area contributed by atoms with Gasteiger partial charge in [0.05, 0.1) is 37.9 Å². The molecule has 3 N–H and O–H groups in total. The first-order valence-electron chi connectivity index (χ1n) is 10.1. The third-order valence-corrected chi connectivity index (χ3v) is 5.01. The average molecular weight is 465 g/mol. The molecule has 1 aromatic heterocycles. The summed E-state index contributed by atoms with van der Waals surface area (Å²) >= 11 is 0. The maximum Gasteiger partial charge on any atom is 0.311 e. The second kappa shape index (κ2) is 11.0. The number of hydrogen-bond acceptors (Lipinski definition) is 9. The van der Waals surface area contributed by atoms with Gasteiger partial charge in [-0.25, -0.2) is 4.98 Å². The molecule has 3 rings (SSSR count). The Kier molecular flexibility index (Phi) is 7.91. The minimum absolute atomic E-state index is 0.122. The van der Waals surface area contributed by atoms with E-state index in [-0.39, 0.29) is 41.8 Å². The highest BCUT2D eigenvalue weighted by Crippen LogP contribution is 2.31. The summed E-state index contributed by atoms with van der Waals surface area (Å²) in [6, 6.07) is 10.8. The van der Waals surface area contributed by atoms with Crippen molar-refractivity contribution in [1.82, 2.24) is 4.98 Å². The van der Waals surface area contributed by atoms with Crippen LogP contribution in [0, 0.1) is 10.1 Å². The van der Waals surface area contributed by atoms with Crippen molar-refractivity contribution in [3.63, 3.8) is 0 Å². The highest BCUT2D eigenvalue weighted by Gasteiger charge is 2.16. The van der Waals surface area contributed by atoms with Gasteiger partial charge in [0, 0.05) is 29.6 Å². The van der Waals surface area contributed by atoms with E-state index in [9.17, 15) is 25.1 Å². The van der Waals surface area contributed by atoms with Crippen LogP contribution in [-0.2, 0) is 13.2 Å². The molecule has 0 radical (unpaired) electrons. The van der Waals surface area contributed by atoms with Gasteiger partial charge in [-0.2, -0.15) is 0 Å². The van der Waals surface area contributed by atoms with Crippen molar-refractivity contribution in [1.29, 1.82) is 0 Å². The van der Waals surface area contributed by atoms with E-state index in [0.29, 0.717) is 28.1 Å². The number of aliphatic hydroxyl groups is 2. The number of nitrogens with zero attached hydrogens (tertiary/aromatic N) is 2. The van der Waals surface area contributed by atoms with Gasteiger partial charge in [0.25, 0.3) is 0 Å². The SMILES string of the molecule is COc1ccc(C=CC(=O)c2cccnc2Nc2cc(CO)c(CO)c(OC)c2)cc1[N+](=O)[O-]. The molecule has 0 spiro atoms. The van der Waals surface area contributed by atoms with Crippen LogP contribution in [-0.4, -0.2) is 40.1 Å². The lowest BCUT2D eigenvalue weighted by atomic mass is 10.1. The van der Waals surface area contributed by atoms with Gasteiger partial charge >= 0.3 is 5.69 Å². The molecule has 0 aliphatic heterocycles. The summed E-state index contributed by atoms with van der Waals surface area (Å²) in [7, 11) is 2.79. The Labute approximate surface area is 195 Å². The second-order valence-electron chi connectivity index (χ2n) is 7.04. The van der Waals surface area contributed by atoms with Crippen LogP contribution in [0.2, 0.25) is 0 Å². The number of carbonyl (C=O) groups excluding carboxylic acids is 1. The molecule has 10 nitrogen and oxygen atoms in total. The quantitative estimate of drug-likeness (QED) is 0.177. The van der Waals surface area contributed by atoms with Crippen molar-refractivity contribution < 1.29 is 29.4 Å². The lowest BCUT2D eigenvalue weighted by Gasteiger charge is -2.15. The van der Waals surface area contributed by atoms with Crippen LogP contribution in [0.4, 0.5) is 17.2 Å². The van der Waals surface area contributed by atoms with E-state index in [0.717, 1.165) is 0 Å². The Morgan fingerprint density at radius 3 is 2.53 bits per heavy atom. The summed E-state index contributed by atoms with van der Waals surface area (Å²) in [4.78, 5) is 27.8. The smallest absolute Gasteiger partial charge is 0.311 e. The van der Waals surface area contributed by atoms with Crippen molar-refractivity contribution >= 4 is 29.1 Å². The molecular formula is C24H23N3O7. The number of methoxy groups -OCH3 is 2. The molecule has 0 aliphatic carbocycles. The van der Waals surface area contributed by atoms with Gasteiger partial charge in [-0.3, -0.25) is 14.9 Å². The highest BCUT2D eigenvalue weighted by atomic mass is 16.6. The Morgan fingerprint density at radius 2 is 1.88 bits per heavy atom. The Hall–Kier alpha value is -4.28. The molecule has 0 bridgehead atoms. The second-order valence-corrected chi connectivity index (χ2v) is 7.04. The zero-order valence-electron chi connectivity index (χ0n) is 18.5. The first kappa shape index (κ1) is 24.4. The number of nitro benzene ring substituents is 1. The van der Waals surface area contributed by atoms with E-state index in [2.05, 4.69) is 10.3 Å². The van der Waals surface area contributed by atoms with Crippen LogP contribution in [0.3, 0.4) is 0 Å². The molecule has 176 valence electrons. The van der Waals surface area contributed by atoms with Gasteiger partial charge in [0.15, 0.2) is 11.5 Å². The number of allylic oxidation sites excluding steroid dienone is 1. The first-order chi connectivity index (χ1) is 16.4. The lowest BCUT2D eigenvalue weighted by molar-refractivity contribution is -0.385. The fourth-order valence-corrected chi connectivity index (χ4v) is 3.33. The monoisotopic (exact) mass is 465 g/mol. The van der Waals surface area contributed by atoms with Gasteiger partial charge in [-0.1, -0.05) is 12.1 Å². The molecule has 0 fully saturated rings. The number of nitro groups is 1. The number of aromatic nitrogens is 1. The summed E-state index contributed by atoms with van der Waals surface area (Å²) in [5.41, 5.74) is 1.94. The molecule has 0 aliphatic rings. The molecule has 0 saturated heterocycles. The van der Waals surface area contributed by atoms with E-state index in [4.69, 9.17) is 9.47 Å². The van der Waals surface area contributed by atoms with Gasteiger partial charge in [0.1, 0.15) is 11.6 Å². The van der Waals surface area contributed by atoms with E-state index in [1.54, 1.807) is 30.3 Å². The summed E-state index contributed by atoms with van der Waals surface area (Å²) in [5, 5.41) is 33.5. The first-order valence-corrected chi connectivity index (χ1v) is 10.1. The average Bonchev–Trinajstić information content (AvgIpc) is 2.86. The number of nitrogens with one attached hydrogen (secondary N) is 1. The minimum atomic E-state index is -0.557. The van der Waals surface area contributed by atoms with Crippen molar-refractivity contribution in [2.24, 2.45) is 0 Å². The molecule has 0 saturated carbocycles. The van der Waals surface area contributed by atoms with Crippen LogP contribution >= 0.6 is 0 Å². The fourth-order valence-electron chi connectivity index (χ4n) is 3.33. The molecule has 0 amide bonds. The minimum Gasteiger partial charge on any atom is -0.496 e. The maximum atomic E-state index is 12.9. The van der Waals surface area contributed by atoms with Gasteiger partial charge in [-0.15, -0.1) is 0 Å². The van der Waals surface area contributed by atoms with Crippen molar-refractivity contribution in [3.8, 4) is 11.5 Å². The van der Waals surface area contributed by atoms with Gasteiger partial charge in [-0.05, 0) is 41.5 Å². The van der Waals surface area contributed by atoms with Crippen LogP contribution in [0.5, 0.6) is 11.5 Å². The maximum absolute atomic E-state index is 12.9. The van der Waals surface area contributed by atoms with Crippen LogP contribution < -0.4 is 14.8 Å². The summed E-state index contributed by atoms with van der Waals surface area (Å²) < 4.78 is 10.3. The number of anilines is 2. The van der Waals surface area contributed by atoms with Crippen molar-refractivity contribution in [3.05, 3.63) is 87.1 Å². The number of ether oxygens (including phenoxy) is 2. The van der Waals surface area contributed by atoms with Gasteiger partial charge < -0.3 is 25.0 Å². The fraction of sp³-hybridized carbons (Fsp3) is 0.167. The number of pyridine rings is 1. The number of rotatable bonds is 10. The van der Waals surface area contributed by atoms with Crippen molar-refractivity contribution in [2.75, 3.05) is 19.5 Å². The predicted octanol–water partition coefficient (Wildman–Crippen LogP) is 3.63. The molecular weight excluding hydrogens is 442 g/mol. The molecule has 0 unspecified atom stereocenters. The molecule has 10 heteroatoms. The Balaban J connectivity index is 1.89. The number of ketones is 1. The van der Waals surface area contributed by atoms with Crippen molar-refractivity contribution in [2.45, 2.75) is 13.2 Å². The lowest BCUT2D eigenvalue weighted by Crippen LogP contribution is -2.05. The predicted molar refractivity (Wildman–Crippen MR) is 125 cm³/mol. The number of benzene rings is 2. The normalized spacial score (nSPS) is 10.8. The van der Waals surface area contributed by atoms with E-state index < -0.39 is 4.92 Å². The summed E-state index contributed by atoms with van der Waals surface area (Å²) in [6.07, 6.45) is 4.28. The van der Waals surface area contributed by atoms with E-state index in [1.807, 2.05) is 0 Å². The Morgan fingerprint density at radius 1 is 1.12 bits per heavy atom. The van der Waals surface area contributed by atoms with Crippen LogP contribution in [0.25, 0.3) is 6.08 Å². The largest absolute Gasteiger partial charge is 0.496 e. The zero-order valence-corrected chi connectivity index (χ0v) is 18.5. The number of carbonyl (C=O) groups is 1. The molecule has 34 heavy (non-hydrogen) atoms. The van der Waals surface area contributed by atoms with E-state index >= 15 is 0 Å². The molecule has 1 heterocycles. The zero-order chi connectivity index (χ0) is 24.7. The van der Waals surface area contributed by atoms with Crippen LogP contribution in [0.1, 0.15) is 27.0 Å². The summed E-state index contributed by atoms with van der Waals surface area (Å²) in [6.45, 7) is -0.618. The molecule has 0 atom stereocenters. The third kappa shape index (κ3) is 5.37.